The second-order valence-electron chi connectivity index (χ2n) is 12.8. The van der Waals surface area contributed by atoms with Gasteiger partial charge in [-0.25, -0.2) is 4.98 Å². The van der Waals surface area contributed by atoms with Gasteiger partial charge in [-0.3, -0.25) is 9.78 Å². The van der Waals surface area contributed by atoms with Crippen molar-refractivity contribution in [3.63, 3.8) is 0 Å². The normalized spacial score (nSPS) is 13.6. The third kappa shape index (κ3) is 11.7. The summed E-state index contributed by atoms with van der Waals surface area (Å²) in [6.07, 6.45) is 14.7. The fraction of sp³-hybridized carbons (Fsp3) is 0.472. The molecule has 46 heavy (non-hydrogen) atoms. The van der Waals surface area contributed by atoms with Crippen LogP contribution in [0.25, 0.3) is 11.4 Å². The maximum atomic E-state index is 12.6. The van der Waals surface area contributed by atoms with Crippen molar-refractivity contribution in [2.24, 2.45) is 17.4 Å². The number of allylic oxidation sites excluding steroid dienone is 3. The summed E-state index contributed by atoms with van der Waals surface area (Å²) in [6, 6.07) is 7.79. The van der Waals surface area contributed by atoms with Crippen molar-refractivity contribution >= 4 is 22.4 Å². The topological polar surface area (TPSA) is 127 Å². The number of carbonyl (C=O) groups is 1. The fourth-order valence-corrected chi connectivity index (χ4v) is 5.31. The number of amides is 1. The highest BCUT2D eigenvalue weighted by Crippen LogP contribution is 2.33. The van der Waals surface area contributed by atoms with Gasteiger partial charge in [0.25, 0.3) is 5.91 Å². The number of nitrogens with zero attached hydrogens (tertiary/aromatic N) is 4. The Morgan fingerprint density at radius 3 is 2.52 bits per heavy atom. The average molecular weight is 647 g/mol. The zero-order valence-electron chi connectivity index (χ0n) is 28.8. The maximum absolute atomic E-state index is 12.6. The number of hydrogen-bond donors (Lipinski definition) is 4. The second kappa shape index (κ2) is 17.6. The molecule has 0 saturated heterocycles. The van der Waals surface area contributed by atoms with E-state index in [1.807, 2.05) is 55.0 Å². The van der Waals surface area contributed by atoms with Crippen LogP contribution in [0.5, 0.6) is 0 Å². The van der Waals surface area contributed by atoms with Crippen LogP contribution < -0.4 is 22.1 Å². The lowest BCUT2D eigenvalue weighted by Gasteiger charge is -2.25. The van der Waals surface area contributed by atoms with Gasteiger partial charge >= 0.3 is 0 Å². The van der Waals surface area contributed by atoms with E-state index in [1.165, 1.54) is 24.6 Å². The molecule has 4 rings (SSSR count). The van der Waals surface area contributed by atoms with Crippen LogP contribution in [-0.4, -0.2) is 45.0 Å². The van der Waals surface area contributed by atoms with Crippen molar-refractivity contribution in [2.45, 2.75) is 86.1 Å². The van der Waals surface area contributed by atoms with Crippen LogP contribution in [-0.2, 0) is 5.54 Å². The van der Waals surface area contributed by atoms with E-state index in [0.717, 1.165) is 72.0 Å². The molecule has 0 spiro atoms. The summed E-state index contributed by atoms with van der Waals surface area (Å²) in [7, 11) is 0. The molecule has 250 valence electrons. The number of carbonyl (C=O) groups excluding carboxylic acids is 1. The van der Waals surface area contributed by atoms with Crippen molar-refractivity contribution in [2.75, 3.05) is 25.0 Å². The van der Waals surface area contributed by atoms with Crippen molar-refractivity contribution in [3.8, 4) is 11.4 Å². The largest absolute Gasteiger partial charge is 0.405 e. The first-order valence-corrected chi connectivity index (χ1v) is 17.3. The van der Waals surface area contributed by atoms with E-state index in [4.69, 9.17) is 11.5 Å². The number of thiazole rings is 1. The Morgan fingerprint density at radius 2 is 1.91 bits per heavy atom. The minimum absolute atomic E-state index is 0.0457. The predicted molar refractivity (Wildman–Crippen MR) is 193 cm³/mol. The summed E-state index contributed by atoms with van der Waals surface area (Å²) in [6.45, 7) is 17.5. The lowest BCUT2D eigenvalue weighted by Crippen LogP contribution is -2.30. The summed E-state index contributed by atoms with van der Waals surface area (Å²) in [5.41, 5.74) is 17.0. The Hall–Kier alpha value is -4.05. The lowest BCUT2D eigenvalue weighted by atomic mass is 10.1. The van der Waals surface area contributed by atoms with Crippen molar-refractivity contribution in [1.29, 1.82) is 0 Å². The van der Waals surface area contributed by atoms with Gasteiger partial charge in [-0.2, -0.15) is 0 Å². The number of rotatable bonds is 14. The van der Waals surface area contributed by atoms with Crippen LogP contribution in [0.3, 0.4) is 0 Å². The molecular formula is C36H54N8OS. The number of aromatic nitrogens is 3. The number of hydrogen-bond acceptors (Lipinski definition) is 8. The van der Waals surface area contributed by atoms with Crippen molar-refractivity contribution in [1.82, 2.24) is 24.8 Å². The Labute approximate surface area is 279 Å². The van der Waals surface area contributed by atoms with Crippen LogP contribution in [0.1, 0.15) is 89.7 Å². The third-order valence-corrected chi connectivity index (χ3v) is 8.58. The summed E-state index contributed by atoms with van der Waals surface area (Å²) in [5.74, 6) is 1.51. The van der Waals surface area contributed by atoms with E-state index < -0.39 is 0 Å². The van der Waals surface area contributed by atoms with Gasteiger partial charge in [0.05, 0.1) is 23.6 Å². The zero-order chi connectivity index (χ0) is 33.7. The number of nitrogens with two attached hydrogens (primary N) is 2. The number of aryl methyl sites for hydroxylation is 1. The second-order valence-corrected chi connectivity index (χ2v) is 13.7. The average Bonchev–Trinajstić information content (AvgIpc) is 3.54. The molecule has 10 heteroatoms. The van der Waals surface area contributed by atoms with Crippen LogP contribution in [0.4, 0.5) is 5.13 Å². The van der Waals surface area contributed by atoms with E-state index >= 15 is 0 Å². The van der Waals surface area contributed by atoms with E-state index in [9.17, 15) is 4.79 Å². The number of pyridine rings is 1. The SMILES string of the molecule is CCCN(CCC(C)CC)/C(N)=C/C=C\N.Cc1cccc(-c2csc(NC(CNC(=O)c3ccn(C(C)(C)C)c3)=C3CC3)n2)n1. The molecule has 1 atom stereocenters. The van der Waals surface area contributed by atoms with Crippen LogP contribution in [0.15, 0.2) is 77.5 Å². The first-order valence-electron chi connectivity index (χ1n) is 16.4. The molecule has 3 aromatic heterocycles. The molecule has 1 aliphatic carbocycles. The Kier molecular flexibility index (Phi) is 13.9. The predicted octanol–water partition coefficient (Wildman–Crippen LogP) is 7.37. The van der Waals surface area contributed by atoms with E-state index in [1.54, 1.807) is 17.4 Å². The molecule has 6 N–H and O–H groups in total. The molecule has 1 aliphatic rings. The van der Waals surface area contributed by atoms with Gasteiger partial charge in [0.1, 0.15) is 5.69 Å². The standard InChI is InChI=1S/C23H27N5OS.C13H27N3/c1-15-6-5-7-18(25-15)20-14-30-22(27-20)26-19(16-8-9-16)12-24-21(29)17-10-11-28(13-17)23(2,3)4;1-4-10-16(11-8-12(3)5-2)13(15)7-6-9-14/h5-7,10-11,13-14H,8-9,12H2,1-4H3,(H,24,29)(H,26,27);6-7,9,12H,4-5,8,10-11,14-15H2,1-3H3/b;9-6-,13-7+. The smallest absolute Gasteiger partial charge is 0.253 e. The monoisotopic (exact) mass is 646 g/mol. The summed E-state index contributed by atoms with van der Waals surface area (Å²) in [4.78, 5) is 24.1. The Bertz CT molecular complexity index is 1490. The highest BCUT2D eigenvalue weighted by atomic mass is 32.1. The van der Waals surface area contributed by atoms with Crippen LogP contribution in [0, 0.1) is 12.8 Å². The number of nitrogens with one attached hydrogen (secondary N) is 2. The summed E-state index contributed by atoms with van der Waals surface area (Å²) >= 11 is 1.55. The molecule has 1 saturated carbocycles. The lowest BCUT2D eigenvalue weighted by molar-refractivity contribution is 0.0957. The van der Waals surface area contributed by atoms with Crippen LogP contribution >= 0.6 is 11.3 Å². The summed E-state index contributed by atoms with van der Waals surface area (Å²) < 4.78 is 2.05. The molecule has 0 aliphatic heterocycles. The van der Waals surface area contributed by atoms with Gasteiger partial charge in [-0.05, 0) is 101 Å². The maximum Gasteiger partial charge on any atom is 0.253 e. The van der Waals surface area contributed by atoms with E-state index in [2.05, 4.69) is 71.6 Å². The van der Waals surface area contributed by atoms with Gasteiger partial charge in [-0.1, -0.05) is 33.3 Å². The quantitative estimate of drug-likeness (QED) is 0.135. The van der Waals surface area contributed by atoms with Crippen molar-refractivity contribution < 1.29 is 4.79 Å². The highest BCUT2D eigenvalue weighted by Gasteiger charge is 2.21. The van der Waals surface area contributed by atoms with Gasteiger partial charge in [-0.15, -0.1) is 11.3 Å². The molecule has 1 fully saturated rings. The Balaban J connectivity index is 0.000000307. The molecule has 1 amide bonds. The molecule has 0 radical (unpaired) electrons. The third-order valence-electron chi connectivity index (χ3n) is 7.82. The molecule has 9 nitrogen and oxygen atoms in total. The molecule has 1 unspecified atom stereocenters. The minimum Gasteiger partial charge on any atom is -0.405 e. The van der Waals surface area contributed by atoms with E-state index in [-0.39, 0.29) is 11.4 Å². The van der Waals surface area contributed by atoms with Gasteiger partial charge in [0, 0.05) is 47.8 Å². The number of anilines is 1. The molecule has 0 aromatic carbocycles. The Morgan fingerprint density at radius 1 is 1.15 bits per heavy atom. The first kappa shape index (κ1) is 36.4. The highest BCUT2D eigenvalue weighted by molar-refractivity contribution is 7.14. The molecule has 3 heterocycles. The van der Waals surface area contributed by atoms with Crippen molar-refractivity contribution in [3.05, 3.63) is 88.7 Å². The zero-order valence-corrected chi connectivity index (χ0v) is 29.6. The van der Waals surface area contributed by atoms with Gasteiger partial charge in [0.15, 0.2) is 5.13 Å². The molecular weight excluding hydrogens is 593 g/mol. The van der Waals surface area contributed by atoms with Gasteiger partial charge < -0.3 is 31.6 Å². The molecule has 0 bridgehead atoms. The van der Waals surface area contributed by atoms with E-state index in [0.29, 0.717) is 12.1 Å². The minimum atomic E-state index is -0.0673. The first-order chi connectivity index (χ1) is 21.9. The fourth-order valence-electron chi connectivity index (χ4n) is 4.58. The van der Waals surface area contributed by atoms with Gasteiger partial charge in [0.2, 0.25) is 0 Å². The molecule has 3 aromatic rings. The van der Waals surface area contributed by atoms with Crippen LogP contribution in [0.2, 0.25) is 0 Å². The summed E-state index contributed by atoms with van der Waals surface area (Å²) in [5, 5.41) is 9.29.